The fourth-order valence-corrected chi connectivity index (χ4v) is 0.425. The second-order valence-corrected chi connectivity index (χ2v) is 1.27. The molecule has 1 aromatic rings. The molecule has 0 N–H and O–H groups in total. The molecule has 0 saturated carbocycles. The Morgan fingerprint density at radius 1 is 1.88 bits per heavy atom. The maximum Gasteiger partial charge on any atom is 0.116 e. The molecule has 1 aromatic heterocycles. The SMILES string of the molecule is CCOn1cc[c]n1. The Morgan fingerprint density at radius 3 is 3.25 bits per heavy atom. The molecule has 8 heavy (non-hydrogen) atoms. The lowest BCUT2D eigenvalue weighted by atomic mass is 10.8. The number of nitrogens with zero attached hydrogens (tertiary/aromatic N) is 2. The molecule has 0 aliphatic carbocycles. The van der Waals surface area contributed by atoms with Crippen LogP contribution in [-0.4, -0.2) is 16.6 Å². The van der Waals surface area contributed by atoms with Gasteiger partial charge in [0.05, 0.1) is 6.20 Å². The highest BCUT2D eigenvalue weighted by atomic mass is 16.7. The minimum atomic E-state index is 0.634. The fourth-order valence-electron chi connectivity index (χ4n) is 0.425. The standard InChI is InChI=1S/C5H7N2O/c1-2-8-7-5-3-4-6-7/h3,5H,2H2,1H3. The molecular weight excluding hydrogens is 104 g/mol. The van der Waals surface area contributed by atoms with Gasteiger partial charge in [-0.1, -0.05) is 0 Å². The molecule has 0 aliphatic heterocycles. The summed E-state index contributed by atoms with van der Waals surface area (Å²) in [6.07, 6.45) is 4.30. The van der Waals surface area contributed by atoms with Gasteiger partial charge in [0.1, 0.15) is 12.8 Å². The van der Waals surface area contributed by atoms with Crippen molar-refractivity contribution in [3.63, 3.8) is 0 Å². The van der Waals surface area contributed by atoms with Crippen LogP contribution in [0.3, 0.4) is 0 Å². The third-order valence-corrected chi connectivity index (χ3v) is 0.694. The Hall–Kier alpha value is -0.990. The monoisotopic (exact) mass is 111 g/mol. The molecule has 1 radical (unpaired) electrons. The molecule has 0 atom stereocenters. The molecular formula is C5H7N2O. The largest absolute Gasteiger partial charge is 0.397 e. The van der Waals surface area contributed by atoms with E-state index in [9.17, 15) is 0 Å². The van der Waals surface area contributed by atoms with E-state index in [4.69, 9.17) is 4.84 Å². The summed E-state index contributed by atoms with van der Waals surface area (Å²) in [5.74, 6) is 0. The van der Waals surface area contributed by atoms with Crippen LogP contribution in [0.2, 0.25) is 0 Å². The van der Waals surface area contributed by atoms with E-state index < -0.39 is 0 Å². The van der Waals surface area contributed by atoms with Crippen molar-refractivity contribution in [1.29, 1.82) is 0 Å². The van der Waals surface area contributed by atoms with Crippen LogP contribution in [0, 0.1) is 6.20 Å². The number of hydrogen-bond acceptors (Lipinski definition) is 2. The van der Waals surface area contributed by atoms with Gasteiger partial charge in [0.2, 0.25) is 0 Å². The lowest BCUT2D eigenvalue weighted by Crippen LogP contribution is -2.10. The van der Waals surface area contributed by atoms with Gasteiger partial charge in [0.25, 0.3) is 0 Å². The van der Waals surface area contributed by atoms with Gasteiger partial charge in [-0.25, -0.2) is 0 Å². The van der Waals surface area contributed by atoms with Crippen molar-refractivity contribution >= 4 is 0 Å². The van der Waals surface area contributed by atoms with Crippen LogP contribution in [-0.2, 0) is 0 Å². The molecule has 0 unspecified atom stereocenters. The van der Waals surface area contributed by atoms with E-state index in [-0.39, 0.29) is 0 Å². The highest BCUT2D eigenvalue weighted by Gasteiger charge is 1.82. The molecule has 1 heterocycles. The smallest absolute Gasteiger partial charge is 0.116 e. The van der Waals surface area contributed by atoms with E-state index in [0.29, 0.717) is 6.61 Å². The lowest BCUT2D eigenvalue weighted by Gasteiger charge is -1.97. The third-order valence-electron chi connectivity index (χ3n) is 0.694. The van der Waals surface area contributed by atoms with E-state index in [1.165, 1.54) is 4.85 Å². The second-order valence-electron chi connectivity index (χ2n) is 1.27. The van der Waals surface area contributed by atoms with Crippen LogP contribution in [0.15, 0.2) is 12.3 Å². The maximum absolute atomic E-state index is 4.92. The number of rotatable bonds is 2. The maximum atomic E-state index is 4.92. The number of hydrogen-bond donors (Lipinski definition) is 0. The van der Waals surface area contributed by atoms with E-state index >= 15 is 0 Å². The van der Waals surface area contributed by atoms with Crippen molar-refractivity contribution in [2.24, 2.45) is 0 Å². The van der Waals surface area contributed by atoms with Crippen molar-refractivity contribution in [2.75, 3.05) is 6.61 Å². The zero-order chi connectivity index (χ0) is 5.82. The summed E-state index contributed by atoms with van der Waals surface area (Å²) in [7, 11) is 0. The van der Waals surface area contributed by atoms with Crippen molar-refractivity contribution in [1.82, 2.24) is 9.94 Å². The van der Waals surface area contributed by atoms with Gasteiger partial charge >= 0.3 is 0 Å². The van der Waals surface area contributed by atoms with Crippen LogP contribution in [0.1, 0.15) is 6.92 Å². The van der Waals surface area contributed by atoms with E-state index in [0.717, 1.165) is 0 Å². The summed E-state index contributed by atoms with van der Waals surface area (Å²) in [6.45, 7) is 2.54. The van der Waals surface area contributed by atoms with Gasteiger partial charge in [-0.05, 0) is 13.0 Å². The zero-order valence-electron chi connectivity index (χ0n) is 4.66. The predicted molar refractivity (Wildman–Crippen MR) is 28.2 cm³/mol. The highest BCUT2D eigenvalue weighted by Crippen LogP contribution is 1.75. The van der Waals surface area contributed by atoms with Crippen molar-refractivity contribution < 1.29 is 4.84 Å². The molecule has 0 spiro atoms. The van der Waals surface area contributed by atoms with Crippen LogP contribution >= 0.6 is 0 Å². The average molecular weight is 111 g/mol. The first kappa shape index (κ1) is 5.15. The van der Waals surface area contributed by atoms with Gasteiger partial charge in [-0.2, -0.15) is 0 Å². The molecule has 0 aliphatic rings. The first-order chi connectivity index (χ1) is 3.93. The Morgan fingerprint density at radius 2 is 2.75 bits per heavy atom. The fraction of sp³-hybridized carbons (Fsp3) is 0.400. The first-order valence-corrected chi connectivity index (χ1v) is 2.48. The summed E-state index contributed by atoms with van der Waals surface area (Å²) < 4.78 is 0. The van der Waals surface area contributed by atoms with E-state index in [1.807, 2.05) is 6.92 Å². The quantitative estimate of drug-likeness (QED) is 0.542. The second kappa shape index (κ2) is 2.35. The normalized spacial score (nSPS) is 9.12. The summed E-state index contributed by atoms with van der Waals surface area (Å²) in [6, 6.07) is 1.69. The highest BCUT2D eigenvalue weighted by molar-refractivity contribution is 4.72. The molecule has 0 fully saturated rings. The minimum absolute atomic E-state index is 0.634. The van der Waals surface area contributed by atoms with Crippen LogP contribution in [0.5, 0.6) is 0 Å². The van der Waals surface area contributed by atoms with Crippen molar-refractivity contribution in [2.45, 2.75) is 6.92 Å². The van der Waals surface area contributed by atoms with E-state index in [1.54, 1.807) is 12.3 Å². The van der Waals surface area contributed by atoms with Crippen molar-refractivity contribution in [3.8, 4) is 0 Å². The minimum Gasteiger partial charge on any atom is -0.397 e. The summed E-state index contributed by atoms with van der Waals surface area (Å²) in [4.78, 5) is 6.30. The predicted octanol–water partition coefficient (Wildman–Crippen LogP) is 0.132. The van der Waals surface area contributed by atoms with Crippen LogP contribution < -0.4 is 4.84 Å². The zero-order valence-corrected chi connectivity index (χ0v) is 4.66. The van der Waals surface area contributed by atoms with Gasteiger partial charge in [-0.15, -0.1) is 9.94 Å². The first-order valence-electron chi connectivity index (χ1n) is 2.48. The molecule has 0 saturated heterocycles. The average Bonchev–Trinajstić information content (AvgIpc) is 2.19. The summed E-state index contributed by atoms with van der Waals surface area (Å²) in [5, 5.41) is 3.68. The Labute approximate surface area is 47.8 Å². The Bertz CT molecular complexity index is 136. The molecule has 0 amide bonds. The van der Waals surface area contributed by atoms with Gasteiger partial charge in [-0.3, -0.25) is 0 Å². The number of aromatic nitrogens is 2. The summed E-state index contributed by atoms with van der Waals surface area (Å²) >= 11 is 0. The molecule has 3 nitrogen and oxygen atoms in total. The van der Waals surface area contributed by atoms with Crippen molar-refractivity contribution in [3.05, 3.63) is 18.5 Å². The Balaban J connectivity index is 2.50. The van der Waals surface area contributed by atoms with Gasteiger partial charge < -0.3 is 4.84 Å². The van der Waals surface area contributed by atoms with Crippen LogP contribution in [0.25, 0.3) is 0 Å². The third kappa shape index (κ3) is 0.992. The summed E-state index contributed by atoms with van der Waals surface area (Å²) in [5.41, 5.74) is 0. The van der Waals surface area contributed by atoms with Crippen LogP contribution in [0.4, 0.5) is 0 Å². The van der Waals surface area contributed by atoms with Gasteiger partial charge in [0.15, 0.2) is 0 Å². The molecule has 43 valence electrons. The molecule has 0 aromatic carbocycles. The molecule has 1 rings (SSSR count). The van der Waals surface area contributed by atoms with E-state index in [2.05, 4.69) is 11.3 Å². The molecule has 0 bridgehead atoms. The Kier molecular flexibility index (Phi) is 1.51. The molecule has 3 heteroatoms. The lowest BCUT2D eigenvalue weighted by molar-refractivity contribution is 0.0925. The van der Waals surface area contributed by atoms with Gasteiger partial charge in [0, 0.05) is 0 Å². The topological polar surface area (TPSA) is 27.1 Å².